The first-order valence-corrected chi connectivity index (χ1v) is 7.37. The van der Waals surface area contributed by atoms with Gasteiger partial charge in [-0.15, -0.1) is 0 Å². The Kier molecular flexibility index (Phi) is 3.76. The Hall–Kier alpha value is -2.13. The molecule has 21 heavy (non-hydrogen) atoms. The molecule has 3 heteroatoms. The Balaban J connectivity index is 2.04. The van der Waals surface area contributed by atoms with Gasteiger partial charge in [0.15, 0.2) is 0 Å². The summed E-state index contributed by atoms with van der Waals surface area (Å²) in [6.45, 7) is 4.81. The highest BCUT2D eigenvalue weighted by Crippen LogP contribution is 2.37. The molecule has 108 valence electrons. The van der Waals surface area contributed by atoms with Crippen LogP contribution in [0.5, 0.6) is 0 Å². The van der Waals surface area contributed by atoms with Crippen molar-refractivity contribution < 1.29 is 0 Å². The van der Waals surface area contributed by atoms with Gasteiger partial charge in [0.05, 0.1) is 17.4 Å². The third-order valence-electron chi connectivity index (χ3n) is 4.22. The van der Waals surface area contributed by atoms with Crippen molar-refractivity contribution in [2.75, 3.05) is 11.6 Å². The van der Waals surface area contributed by atoms with E-state index >= 15 is 0 Å². The van der Waals surface area contributed by atoms with Crippen LogP contribution in [0.3, 0.4) is 0 Å². The smallest absolute Gasteiger partial charge is 0.0828 e. The van der Waals surface area contributed by atoms with E-state index in [0.717, 1.165) is 12.1 Å². The van der Waals surface area contributed by atoms with Crippen molar-refractivity contribution >= 4 is 11.4 Å². The van der Waals surface area contributed by atoms with E-state index in [1.54, 1.807) is 0 Å². The second-order valence-electron chi connectivity index (χ2n) is 5.56. The SMILES string of the molecule is Cc1cccc(N2N=C(CN)CC2c2ccccc2)c1C. The van der Waals surface area contributed by atoms with E-state index < -0.39 is 0 Å². The van der Waals surface area contributed by atoms with E-state index in [2.05, 4.69) is 61.3 Å². The minimum atomic E-state index is 0.241. The van der Waals surface area contributed by atoms with Crippen LogP contribution in [0.25, 0.3) is 0 Å². The molecule has 0 amide bonds. The molecule has 1 aliphatic heterocycles. The zero-order chi connectivity index (χ0) is 14.8. The Morgan fingerprint density at radius 3 is 2.57 bits per heavy atom. The third kappa shape index (κ3) is 2.57. The number of rotatable bonds is 3. The average molecular weight is 279 g/mol. The van der Waals surface area contributed by atoms with Gasteiger partial charge < -0.3 is 5.73 Å². The summed E-state index contributed by atoms with van der Waals surface area (Å²) < 4.78 is 0. The molecule has 2 N–H and O–H groups in total. The number of hydrogen-bond donors (Lipinski definition) is 1. The third-order valence-corrected chi connectivity index (χ3v) is 4.22. The second-order valence-corrected chi connectivity index (χ2v) is 5.56. The quantitative estimate of drug-likeness (QED) is 0.933. The van der Waals surface area contributed by atoms with Crippen LogP contribution in [-0.4, -0.2) is 12.3 Å². The lowest BCUT2D eigenvalue weighted by Crippen LogP contribution is -2.19. The monoisotopic (exact) mass is 279 g/mol. The van der Waals surface area contributed by atoms with Crippen LogP contribution in [0, 0.1) is 13.8 Å². The van der Waals surface area contributed by atoms with Crippen molar-refractivity contribution in [1.29, 1.82) is 0 Å². The molecule has 0 fully saturated rings. The van der Waals surface area contributed by atoms with Crippen molar-refractivity contribution in [3.63, 3.8) is 0 Å². The molecule has 0 aliphatic carbocycles. The molecular formula is C18H21N3. The summed E-state index contributed by atoms with van der Waals surface area (Å²) in [5.74, 6) is 0. The van der Waals surface area contributed by atoms with E-state index in [1.807, 2.05) is 6.07 Å². The van der Waals surface area contributed by atoms with Crippen LogP contribution in [0.1, 0.15) is 29.2 Å². The van der Waals surface area contributed by atoms with Gasteiger partial charge in [0.1, 0.15) is 0 Å². The topological polar surface area (TPSA) is 41.6 Å². The number of aryl methyl sites for hydroxylation is 1. The maximum Gasteiger partial charge on any atom is 0.0828 e. The first-order valence-electron chi connectivity index (χ1n) is 7.37. The lowest BCUT2D eigenvalue weighted by molar-refractivity contribution is 0.706. The van der Waals surface area contributed by atoms with Crippen LogP contribution in [0.15, 0.2) is 53.6 Å². The molecule has 1 unspecified atom stereocenters. The van der Waals surface area contributed by atoms with Crippen LogP contribution in [-0.2, 0) is 0 Å². The van der Waals surface area contributed by atoms with Gasteiger partial charge in [-0.1, -0.05) is 42.5 Å². The van der Waals surface area contributed by atoms with Crippen LogP contribution >= 0.6 is 0 Å². The first kappa shape index (κ1) is 13.8. The van der Waals surface area contributed by atoms with Crippen molar-refractivity contribution in [3.8, 4) is 0 Å². The molecule has 0 bridgehead atoms. The molecule has 1 heterocycles. The molecule has 1 aliphatic rings. The molecule has 2 aromatic carbocycles. The molecule has 1 atom stereocenters. The Bertz CT molecular complexity index is 661. The van der Waals surface area contributed by atoms with Crippen molar-refractivity contribution in [1.82, 2.24) is 0 Å². The van der Waals surface area contributed by atoms with Gasteiger partial charge >= 0.3 is 0 Å². The Morgan fingerprint density at radius 2 is 1.86 bits per heavy atom. The summed E-state index contributed by atoms with van der Waals surface area (Å²) in [4.78, 5) is 0. The number of hydrazone groups is 1. The van der Waals surface area contributed by atoms with Crippen molar-refractivity contribution in [3.05, 3.63) is 65.2 Å². The van der Waals surface area contributed by atoms with Gasteiger partial charge in [0, 0.05) is 13.0 Å². The van der Waals surface area contributed by atoms with E-state index in [9.17, 15) is 0 Å². The maximum absolute atomic E-state index is 5.82. The summed E-state index contributed by atoms with van der Waals surface area (Å²) in [5.41, 5.74) is 11.9. The predicted octanol–water partition coefficient (Wildman–Crippen LogP) is 3.57. The highest BCUT2D eigenvalue weighted by molar-refractivity contribution is 5.90. The second kappa shape index (κ2) is 5.70. The van der Waals surface area contributed by atoms with Gasteiger partial charge in [0.2, 0.25) is 0 Å². The highest BCUT2D eigenvalue weighted by atomic mass is 15.5. The lowest BCUT2D eigenvalue weighted by atomic mass is 10.00. The minimum absolute atomic E-state index is 0.241. The Morgan fingerprint density at radius 1 is 1.10 bits per heavy atom. The largest absolute Gasteiger partial charge is 0.325 e. The normalized spacial score (nSPS) is 18.0. The molecule has 0 saturated carbocycles. The van der Waals surface area contributed by atoms with E-state index in [1.165, 1.54) is 22.4 Å². The van der Waals surface area contributed by atoms with Crippen LogP contribution in [0.2, 0.25) is 0 Å². The van der Waals surface area contributed by atoms with Crippen molar-refractivity contribution in [2.45, 2.75) is 26.3 Å². The standard InChI is InChI=1S/C18H21N3/c1-13-7-6-10-17(14(13)2)21-18(11-16(12-19)20-21)15-8-4-3-5-9-15/h3-10,18H,11-12,19H2,1-2H3. The van der Waals surface area contributed by atoms with Gasteiger partial charge in [0.25, 0.3) is 0 Å². The van der Waals surface area contributed by atoms with Gasteiger partial charge in [-0.3, -0.25) is 5.01 Å². The number of anilines is 1. The molecule has 0 radical (unpaired) electrons. The van der Waals surface area contributed by atoms with Gasteiger partial charge in [-0.2, -0.15) is 5.10 Å². The van der Waals surface area contributed by atoms with Gasteiger partial charge in [-0.05, 0) is 36.6 Å². The molecular weight excluding hydrogens is 258 g/mol. The highest BCUT2D eigenvalue weighted by Gasteiger charge is 2.29. The fraction of sp³-hybridized carbons (Fsp3) is 0.278. The minimum Gasteiger partial charge on any atom is -0.325 e. The number of nitrogens with two attached hydrogens (primary N) is 1. The number of nitrogens with zero attached hydrogens (tertiary/aromatic N) is 2. The van der Waals surface area contributed by atoms with Crippen molar-refractivity contribution in [2.24, 2.45) is 10.8 Å². The summed E-state index contributed by atoms with van der Waals surface area (Å²) in [5, 5.41) is 6.90. The Labute approximate surface area is 126 Å². The lowest BCUT2D eigenvalue weighted by Gasteiger charge is -2.26. The van der Waals surface area contributed by atoms with Crippen LogP contribution in [0.4, 0.5) is 5.69 Å². The molecule has 2 aromatic rings. The summed E-state index contributed by atoms with van der Waals surface area (Å²) in [7, 11) is 0. The molecule has 0 aromatic heterocycles. The zero-order valence-electron chi connectivity index (χ0n) is 12.6. The fourth-order valence-corrected chi connectivity index (χ4v) is 2.84. The predicted molar refractivity (Wildman–Crippen MR) is 88.7 cm³/mol. The average Bonchev–Trinajstić information content (AvgIpc) is 2.95. The summed E-state index contributed by atoms with van der Waals surface area (Å²) >= 11 is 0. The fourth-order valence-electron chi connectivity index (χ4n) is 2.84. The molecule has 0 spiro atoms. The molecule has 3 nitrogen and oxygen atoms in total. The number of hydrogen-bond acceptors (Lipinski definition) is 3. The first-order chi connectivity index (χ1) is 10.2. The van der Waals surface area contributed by atoms with Crippen LogP contribution < -0.4 is 10.7 Å². The molecule has 0 saturated heterocycles. The zero-order valence-corrected chi connectivity index (χ0v) is 12.6. The molecule has 3 rings (SSSR count). The van der Waals surface area contributed by atoms with E-state index in [0.29, 0.717) is 6.54 Å². The summed E-state index contributed by atoms with van der Waals surface area (Å²) in [6.07, 6.45) is 0.897. The van der Waals surface area contributed by atoms with E-state index in [-0.39, 0.29) is 6.04 Å². The van der Waals surface area contributed by atoms with Gasteiger partial charge in [-0.25, -0.2) is 0 Å². The summed E-state index contributed by atoms with van der Waals surface area (Å²) in [6, 6.07) is 17.1. The maximum atomic E-state index is 5.82. The van der Waals surface area contributed by atoms with E-state index in [4.69, 9.17) is 10.8 Å². The number of benzene rings is 2.